The highest BCUT2D eigenvalue weighted by molar-refractivity contribution is 7.88. The molecule has 156 valence electrons. The number of benzene rings is 2. The second-order valence-electron chi connectivity index (χ2n) is 7.40. The molecule has 0 radical (unpaired) electrons. The van der Waals surface area contributed by atoms with E-state index in [1.165, 1.54) is 4.31 Å². The summed E-state index contributed by atoms with van der Waals surface area (Å²) in [6, 6.07) is 16.9. The first-order valence-corrected chi connectivity index (χ1v) is 11.5. The molecule has 0 spiro atoms. The van der Waals surface area contributed by atoms with Crippen molar-refractivity contribution in [1.82, 2.24) is 9.21 Å². The molecule has 0 bridgehead atoms. The summed E-state index contributed by atoms with van der Waals surface area (Å²) in [5, 5.41) is 2.80. The van der Waals surface area contributed by atoms with Crippen molar-refractivity contribution in [2.45, 2.75) is 6.54 Å². The summed E-state index contributed by atoms with van der Waals surface area (Å²) >= 11 is 0. The molecule has 1 N–H and O–H groups in total. The standard InChI is InChI=1S/C21H28N4O3S/c1-23-12-14-24(15-13-23)20-10-8-19(9-11-20)22-21(26)17-25(29(2,27)28)16-18-6-4-3-5-7-18/h3-11H,12-17H2,1-2H3,(H,22,26). The van der Waals surface area contributed by atoms with Gasteiger partial charge in [-0.15, -0.1) is 0 Å². The van der Waals surface area contributed by atoms with E-state index < -0.39 is 10.0 Å². The van der Waals surface area contributed by atoms with Crippen LogP contribution in [0.2, 0.25) is 0 Å². The van der Waals surface area contributed by atoms with Gasteiger partial charge in [0.05, 0.1) is 12.8 Å². The number of anilines is 2. The number of nitrogens with one attached hydrogen (secondary N) is 1. The predicted octanol–water partition coefficient (Wildman–Crippen LogP) is 1.84. The first kappa shape index (κ1) is 21.3. The fourth-order valence-corrected chi connectivity index (χ4v) is 3.99. The summed E-state index contributed by atoms with van der Waals surface area (Å²) in [4.78, 5) is 17.1. The van der Waals surface area contributed by atoms with Crippen LogP contribution in [0, 0.1) is 0 Å². The first-order valence-electron chi connectivity index (χ1n) is 9.64. The third-order valence-corrected chi connectivity index (χ3v) is 6.21. The van der Waals surface area contributed by atoms with Crippen molar-refractivity contribution in [3.63, 3.8) is 0 Å². The summed E-state index contributed by atoms with van der Waals surface area (Å²) < 4.78 is 25.4. The maximum absolute atomic E-state index is 12.4. The number of nitrogens with zero attached hydrogens (tertiary/aromatic N) is 3. The summed E-state index contributed by atoms with van der Waals surface area (Å²) in [7, 11) is -1.40. The van der Waals surface area contributed by atoms with Crippen LogP contribution in [-0.4, -0.2) is 69.6 Å². The number of carbonyl (C=O) groups is 1. The van der Waals surface area contributed by atoms with Gasteiger partial charge >= 0.3 is 0 Å². The van der Waals surface area contributed by atoms with Crippen molar-refractivity contribution in [1.29, 1.82) is 0 Å². The van der Waals surface area contributed by atoms with E-state index in [-0.39, 0.29) is 19.0 Å². The SMILES string of the molecule is CN1CCN(c2ccc(NC(=O)CN(Cc3ccccc3)S(C)(=O)=O)cc2)CC1. The smallest absolute Gasteiger partial charge is 0.239 e. The van der Waals surface area contributed by atoms with Crippen molar-refractivity contribution in [3.05, 3.63) is 60.2 Å². The third-order valence-electron chi connectivity index (χ3n) is 5.01. The number of hydrogen-bond donors (Lipinski definition) is 1. The fourth-order valence-electron chi connectivity index (χ4n) is 3.26. The van der Waals surface area contributed by atoms with Crippen molar-refractivity contribution in [2.24, 2.45) is 0 Å². The monoisotopic (exact) mass is 416 g/mol. The number of carbonyl (C=O) groups excluding carboxylic acids is 1. The molecule has 0 aliphatic carbocycles. The normalized spacial score (nSPS) is 15.5. The van der Waals surface area contributed by atoms with Gasteiger partial charge in [-0.1, -0.05) is 30.3 Å². The van der Waals surface area contributed by atoms with E-state index in [2.05, 4.69) is 22.2 Å². The van der Waals surface area contributed by atoms with Crippen LogP contribution in [0.1, 0.15) is 5.56 Å². The Labute approximate surface area is 173 Å². The van der Waals surface area contributed by atoms with Crippen molar-refractivity contribution in [3.8, 4) is 0 Å². The summed E-state index contributed by atoms with van der Waals surface area (Å²) in [6.07, 6.45) is 1.12. The highest BCUT2D eigenvalue weighted by Gasteiger charge is 2.21. The van der Waals surface area contributed by atoms with Crippen LogP contribution in [0.15, 0.2) is 54.6 Å². The molecule has 1 amide bonds. The van der Waals surface area contributed by atoms with Crippen LogP contribution in [0.3, 0.4) is 0 Å². The van der Waals surface area contributed by atoms with Crippen LogP contribution in [0.4, 0.5) is 11.4 Å². The largest absolute Gasteiger partial charge is 0.369 e. The third kappa shape index (κ3) is 6.28. The topological polar surface area (TPSA) is 73.0 Å². The van der Waals surface area contributed by atoms with Gasteiger partial charge in [-0.3, -0.25) is 4.79 Å². The molecule has 1 aliphatic rings. The Morgan fingerprint density at radius 2 is 1.62 bits per heavy atom. The Bertz CT molecular complexity index is 909. The average molecular weight is 417 g/mol. The number of sulfonamides is 1. The van der Waals surface area contributed by atoms with Crippen LogP contribution >= 0.6 is 0 Å². The number of rotatable bonds is 7. The lowest BCUT2D eigenvalue weighted by Gasteiger charge is -2.34. The Balaban J connectivity index is 1.59. The van der Waals surface area contributed by atoms with Crippen molar-refractivity contribution >= 4 is 27.3 Å². The molecule has 1 saturated heterocycles. The van der Waals surface area contributed by atoms with E-state index in [0.717, 1.165) is 43.7 Å². The highest BCUT2D eigenvalue weighted by atomic mass is 32.2. The van der Waals surface area contributed by atoms with E-state index in [4.69, 9.17) is 0 Å². The lowest BCUT2D eigenvalue weighted by atomic mass is 10.2. The van der Waals surface area contributed by atoms with Crippen molar-refractivity contribution in [2.75, 3.05) is 56.2 Å². The molecular formula is C21H28N4O3S. The van der Waals surface area contributed by atoms with Gasteiger partial charge in [0.1, 0.15) is 0 Å². The zero-order valence-corrected chi connectivity index (χ0v) is 17.7. The Kier molecular flexibility index (Phi) is 6.89. The molecule has 0 saturated carbocycles. The van der Waals surface area contributed by atoms with Gasteiger partial charge in [0.2, 0.25) is 15.9 Å². The molecule has 1 heterocycles. The van der Waals surface area contributed by atoms with Gasteiger partial charge < -0.3 is 15.1 Å². The van der Waals surface area contributed by atoms with Gasteiger partial charge in [-0.25, -0.2) is 8.42 Å². The van der Waals surface area contributed by atoms with Crippen LogP contribution in [-0.2, 0) is 21.4 Å². The Morgan fingerprint density at radius 1 is 1.00 bits per heavy atom. The number of piperazine rings is 1. The number of hydrogen-bond acceptors (Lipinski definition) is 5. The fraction of sp³-hybridized carbons (Fsp3) is 0.381. The summed E-state index contributed by atoms with van der Waals surface area (Å²) in [5.74, 6) is -0.362. The Hall–Kier alpha value is -2.42. The molecule has 0 atom stereocenters. The van der Waals surface area contributed by atoms with E-state index in [1.807, 2.05) is 54.6 Å². The quantitative estimate of drug-likeness (QED) is 0.746. The van der Waals surface area contributed by atoms with E-state index in [9.17, 15) is 13.2 Å². The van der Waals surface area contributed by atoms with Crippen LogP contribution in [0.25, 0.3) is 0 Å². The molecule has 2 aromatic carbocycles. The zero-order chi connectivity index (χ0) is 20.9. The van der Waals surface area contributed by atoms with Gasteiger partial charge in [0.25, 0.3) is 0 Å². The molecular weight excluding hydrogens is 388 g/mol. The van der Waals surface area contributed by atoms with E-state index in [1.54, 1.807) is 0 Å². The average Bonchev–Trinajstić information content (AvgIpc) is 2.69. The zero-order valence-electron chi connectivity index (χ0n) is 16.9. The molecule has 2 aromatic rings. The molecule has 29 heavy (non-hydrogen) atoms. The second kappa shape index (κ2) is 9.39. The number of amides is 1. The maximum atomic E-state index is 12.4. The van der Waals surface area contributed by atoms with E-state index >= 15 is 0 Å². The first-order chi connectivity index (χ1) is 13.8. The van der Waals surface area contributed by atoms with Gasteiger partial charge in [0, 0.05) is 44.1 Å². The van der Waals surface area contributed by atoms with Gasteiger partial charge in [-0.05, 0) is 36.9 Å². The van der Waals surface area contributed by atoms with Crippen molar-refractivity contribution < 1.29 is 13.2 Å². The second-order valence-corrected chi connectivity index (χ2v) is 9.38. The molecule has 3 rings (SSSR count). The lowest BCUT2D eigenvalue weighted by Crippen LogP contribution is -2.44. The summed E-state index contributed by atoms with van der Waals surface area (Å²) in [6.45, 7) is 3.95. The molecule has 7 nitrogen and oxygen atoms in total. The predicted molar refractivity (Wildman–Crippen MR) is 116 cm³/mol. The lowest BCUT2D eigenvalue weighted by molar-refractivity contribution is -0.116. The number of likely N-dealkylation sites (N-methyl/N-ethyl adjacent to an activating group) is 1. The molecule has 1 aliphatic heterocycles. The minimum atomic E-state index is -3.51. The Morgan fingerprint density at radius 3 is 2.21 bits per heavy atom. The van der Waals surface area contributed by atoms with E-state index in [0.29, 0.717) is 5.69 Å². The van der Waals surface area contributed by atoms with Gasteiger partial charge in [-0.2, -0.15) is 4.31 Å². The maximum Gasteiger partial charge on any atom is 0.239 e. The minimum Gasteiger partial charge on any atom is -0.369 e. The van der Waals surface area contributed by atoms with Crippen LogP contribution < -0.4 is 10.2 Å². The highest BCUT2D eigenvalue weighted by Crippen LogP contribution is 2.19. The molecule has 0 aromatic heterocycles. The molecule has 1 fully saturated rings. The van der Waals surface area contributed by atoms with Gasteiger partial charge in [0.15, 0.2) is 0 Å². The minimum absolute atomic E-state index is 0.162. The summed E-state index contributed by atoms with van der Waals surface area (Å²) in [5.41, 5.74) is 2.61. The molecule has 0 unspecified atom stereocenters. The molecule has 8 heteroatoms. The van der Waals surface area contributed by atoms with Crippen LogP contribution in [0.5, 0.6) is 0 Å².